The average molecular weight is 306 g/mol. The molecular formula is C15H20ClN5. The Hall–Kier alpha value is -1.85. The van der Waals surface area contributed by atoms with Crippen LogP contribution in [0, 0.1) is 6.92 Å². The second kappa shape index (κ2) is 6.74. The van der Waals surface area contributed by atoms with E-state index in [2.05, 4.69) is 20.7 Å². The standard InChI is InChI=1S/C15H20ClN5/c1-4-13-19-14(9(2)15(20-13)21-17)18-10(3)11-7-5-6-8-12(11)16/h5-8,10H,4,17H2,1-3H3,(H2,18,19,20,21). The largest absolute Gasteiger partial charge is 0.363 e. The Balaban J connectivity index is 2.33. The highest BCUT2D eigenvalue weighted by molar-refractivity contribution is 6.31. The van der Waals surface area contributed by atoms with Crippen LogP contribution in [0.1, 0.15) is 36.8 Å². The zero-order valence-electron chi connectivity index (χ0n) is 12.4. The van der Waals surface area contributed by atoms with Gasteiger partial charge in [0, 0.05) is 17.0 Å². The maximum Gasteiger partial charge on any atom is 0.148 e. The molecule has 0 saturated carbocycles. The number of hydrogen-bond acceptors (Lipinski definition) is 5. The maximum absolute atomic E-state index is 6.24. The summed E-state index contributed by atoms with van der Waals surface area (Å²) >= 11 is 6.24. The van der Waals surface area contributed by atoms with E-state index >= 15 is 0 Å². The van der Waals surface area contributed by atoms with Crippen molar-refractivity contribution < 1.29 is 0 Å². The van der Waals surface area contributed by atoms with Crippen LogP contribution in [0.5, 0.6) is 0 Å². The lowest BCUT2D eigenvalue weighted by Crippen LogP contribution is -2.16. The van der Waals surface area contributed by atoms with Crippen molar-refractivity contribution in [2.45, 2.75) is 33.2 Å². The van der Waals surface area contributed by atoms with Crippen LogP contribution in [-0.2, 0) is 6.42 Å². The molecular weight excluding hydrogens is 286 g/mol. The second-order valence-corrected chi connectivity index (χ2v) is 5.25. The fourth-order valence-electron chi connectivity index (χ4n) is 2.11. The molecule has 5 nitrogen and oxygen atoms in total. The Morgan fingerprint density at radius 1 is 1.24 bits per heavy atom. The van der Waals surface area contributed by atoms with E-state index in [0.29, 0.717) is 5.82 Å². The van der Waals surface area contributed by atoms with E-state index < -0.39 is 0 Å². The minimum Gasteiger partial charge on any atom is -0.363 e. The van der Waals surface area contributed by atoms with Crippen LogP contribution in [-0.4, -0.2) is 9.97 Å². The van der Waals surface area contributed by atoms with Gasteiger partial charge in [-0.3, -0.25) is 0 Å². The third kappa shape index (κ3) is 3.43. The summed E-state index contributed by atoms with van der Waals surface area (Å²) in [5, 5.41) is 4.12. The molecule has 2 aromatic rings. The molecule has 4 N–H and O–H groups in total. The molecule has 0 aliphatic carbocycles. The molecule has 0 amide bonds. The fourth-order valence-corrected chi connectivity index (χ4v) is 2.41. The van der Waals surface area contributed by atoms with Gasteiger partial charge in [0.25, 0.3) is 0 Å². The minimum absolute atomic E-state index is 0.0302. The van der Waals surface area contributed by atoms with Gasteiger partial charge >= 0.3 is 0 Å². The molecule has 0 saturated heterocycles. The fraction of sp³-hybridized carbons (Fsp3) is 0.333. The number of nitrogens with one attached hydrogen (secondary N) is 2. The molecule has 21 heavy (non-hydrogen) atoms. The van der Waals surface area contributed by atoms with E-state index in [1.807, 2.05) is 45.0 Å². The van der Waals surface area contributed by atoms with Crippen molar-refractivity contribution in [2.75, 3.05) is 10.7 Å². The molecule has 0 spiro atoms. The first-order valence-corrected chi connectivity index (χ1v) is 7.29. The molecule has 0 fully saturated rings. The van der Waals surface area contributed by atoms with Crippen LogP contribution >= 0.6 is 11.6 Å². The number of anilines is 2. The van der Waals surface area contributed by atoms with Gasteiger partial charge in [-0.1, -0.05) is 36.7 Å². The third-order valence-electron chi connectivity index (χ3n) is 3.37. The van der Waals surface area contributed by atoms with Gasteiger partial charge in [0.05, 0.1) is 6.04 Å². The number of aromatic nitrogens is 2. The van der Waals surface area contributed by atoms with E-state index in [4.69, 9.17) is 17.4 Å². The number of aryl methyl sites for hydroxylation is 1. The smallest absolute Gasteiger partial charge is 0.148 e. The average Bonchev–Trinajstić information content (AvgIpc) is 2.49. The summed E-state index contributed by atoms with van der Waals surface area (Å²) < 4.78 is 0. The predicted octanol–water partition coefficient (Wildman–Crippen LogP) is 3.46. The first kappa shape index (κ1) is 15.5. The summed E-state index contributed by atoms with van der Waals surface area (Å²) in [6.45, 7) is 5.98. The first-order valence-electron chi connectivity index (χ1n) is 6.91. The highest BCUT2D eigenvalue weighted by Gasteiger charge is 2.14. The molecule has 1 heterocycles. The van der Waals surface area contributed by atoms with E-state index in [0.717, 1.165) is 34.2 Å². The molecule has 6 heteroatoms. The van der Waals surface area contributed by atoms with Crippen molar-refractivity contribution >= 4 is 23.2 Å². The molecule has 1 atom stereocenters. The number of nitrogens with two attached hydrogens (primary N) is 1. The molecule has 1 aromatic carbocycles. The molecule has 0 radical (unpaired) electrons. The molecule has 1 unspecified atom stereocenters. The zero-order chi connectivity index (χ0) is 15.4. The Bertz CT molecular complexity index is 629. The SMILES string of the molecule is CCc1nc(NN)c(C)c(NC(C)c2ccccc2Cl)n1. The molecule has 0 bridgehead atoms. The van der Waals surface area contributed by atoms with Crippen LogP contribution in [0.4, 0.5) is 11.6 Å². The number of rotatable bonds is 5. The van der Waals surface area contributed by atoms with Crippen LogP contribution in [0.3, 0.4) is 0 Å². The van der Waals surface area contributed by atoms with E-state index in [-0.39, 0.29) is 6.04 Å². The lowest BCUT2D eigenvalue weighted by molar-refractivity contribution is 0.851. The number of halogens is 1. The Kier molecular flexibility index (Phi) is 4.98. The quantitative estimate of drug-likeness (QED) is 0.582. The van der Waals surface area contributed by atoms with Gasteiger partial charge < -0.3 is 10.7 Å². The molecule has 2 rings (SSSR count). The highest BCUT2D eigenvalue weighted by Crippen LogP contribution is 2.27. The molecule has 1 aromatic heterocycles. The summed E-state index contributed by atoms with van der Waals surface area (Å²) in [4.78, 5) is 8.89. The second-order valence-electron chi connectivity index (χ2n) is 4.85. The summed E-state index contributed by atoms with van der Waals surface area (Å²) in [5.41, 5.74) is 4.53. The van der Waals surface area contributed by atoms with Gasteiger partial charge in [-0.25, -0.2) is 15.8 Å². The Labute approximate surface area is 129 Å². The topological polar surface area (TPSA) is 75.9 Å². The number of nitrogens with zero attached hydrogens (tertiary/aromatic N) is 2. The zero-order valence-corrected chi connectivity index (χ0v) is 13.2. The predicted molar refractivity (Wildman–Crippen MR) is 87.4 cm³/mol. The third-order valence-corrected chi connectivity index (χ3v) is 3.71. The van der Waals surface area contributed by atoms with Crippen LogP contribution in [0.2, 0.25) is 5.02 Å². The minimum atomic E-state index is 0.0302. The van der Waals surface area contributed by atoms with Crippen molar-refractivity contribution in [1.82, 2.24) is 9.97 Å². The van der Waals surface area contributed by atoms with Crippen molar-refractivity contribution in [3.8, 4) is 0 Å². The van der Waals surface area contributed by atoms with E-state index in [9.17, 15) is 0 Å². The normalized spacial score (nSPS) is 12.0. The van der Waals surface area contributed by atoms with Crippen LogP contribution in [0.15, 0.2) is 24.3 Å². The van der Waals surface area contributed by atoms with E-state index in [1.54, 1.807) is 0 Å². The summed E-state index contributed by atoms with van der Waals surface area (Å²) in [6.07, 6.45) is 0.740. The molecule has 0 aliphatic heterocycles. The lowest BCUT2D eigenvalue weighted by atomic mass is 10.1. The number of nitrogen functional groups attached to an aromatic ring is 1. The Morgan fingerprint density at radius 2 is 1.90 bits per heavy atom. The first-order chi connectivity index (χ1) is 10.1. The van der Waals surface area contributed by atoms with Crippen LogP contribution < -0.4 is 16.6 Å². The van der Waals surface area contributed by atoms with Crippen molar-refractivity contribution in [2.24, 2.45) is 5.84 Å². The van der Waals surface area contributed by atoms with Crippen LogP contribution in [0.25, 0.3) is 0 Å². The summed E-state index contributed by atoms with van der Waals surface area (Å²) in [7, 11) is 0. The summed E-state index contributed by atoms with van der Waals surface area (Å²) in [6, 6.07) is 7.80. The van der Waals surface area contributed by atoms with E-state index in [1.165, 1.54) is 0 Å². The van der Waals surface area contributed by atoms with Gasteiger partial charge in [0.15, 0.2) is 0 Å². The van der Waals surface area contributed by atoms with Crippen molar-refractivity contribution in [3.63, 3.8) is 0 Å². The van der Waals surface area contributed by atoms with Crippen molar-refractivity contribution in [1.29, 1.82) is 0 Å². The van der Waals surface area contributed by atoms with Gasteiger partial charge in [-0.2, -0.15) is 0 Å². The molecule has 0 aliphatic rings. The van der Waals surface area contributed by atoms with Crippen molar-refractivity contribution in [3.05, 3.63) is 46.2 Å². The molecule has 112 valence electrons. The number of hydrogen-bond donors (Lipinski definition) is 3. The summed E-state index contributed by atoms with van der Waals surface area (Å²) in [5.74, 6) is 7.66. The number of hydrazine groups is 1. The Morgan fingerprint density at radius 3 is 2.52 bits per heavy atom. The monoisotopic (exact) mass is 305 g/mol. The maximum atomic E-state index is 6.24. The van der Waals surface area contributed by atoms with Gasteiger partial charge in [-0.05, 0) is 25.5 Å². The van der Waals surface area contributed by atoms with Gasteiger partial charge in [0.2, 0.25) is 0 Å². The van der Waals surface area contributed by atoms with Gasteiger partial charge in [-0.15, -0.1) is 0 Å². The van der Waals surface area contributed by atoms with Gasteiger partial charge in [0.1, 0.15) is 17.5 Å². The number of benzene rings is 1. The highest BCUT2D eigenvalue weighted by atomic mass is 35.5. The lowest BCUT2D eigenvalue weighted by Gasteiger charge is -2.19.